The topological polar surface area (TPSA) is 61.4 Å². The maximum atomic E-state index is 15.0. The van der Waals surface area contributed by atoms with E-state index in [4.69, 9.17) is 4.74 Å². The Kier molecular flexibility index (Phi) is 8.02. The van der Waals surface area contributed by atoms with E-state index in [0.717, 1.165) is 11.1 Å². The Bertz CT molecular complexity index is 912. The Labute approximate surface area is 180 Å². The molecule has 0 aromatic heterocycles. The van der Waals surface area contributed by atoms with Gasteiger partial charge in [0, 0.05) is 16.9 Å². The Morgan fingerprint density at radius 1 is 1.20 bits per heavy atom. The quantitative estimate of drug-likeness (QED) is 0.472. The van der Waals surface area contributed by atoms with E-state index in [2.05, 4.69) is 4.72 Å². The van der Waals surface area contributed by atoms with Gasteiger partial charge in [-0.15, -0.1) is 4.72 Å². The molecule has 30 heavy (non-hydrogen) atoms. The summed E-state index contributed by atoms with van der Waals surface area (Å²) in [7, 11) is 0. The highest BCUT2D eigenvalue weighted by molar-refractivity contribution is 7.90. The zero-order chi connectivity index (χ0) is 22.6. The summed E-state index contributed by atoms with van der Waals surface area (Å²) in [5.74, 6) is -2.66. The van der Waals surface area contributed by atoms with Crippen LogP contribution in [0.2, 0.25) is 0 Å². The highest BCUT2D eigenvalue weighted by Gasteiger charge is 2.34. The second kappa shape index (κ2) is 9.90. The van der Waals surface area contributed by atoms with E-state index in [1.165, 1.54) is 6.07 Å². The lowest BCUT2D eigenvalue weighted by molar-refractivity contribution is -0.143. The molecule has 4 nitrogen and oxygen atoms in total. The predicted molar refractivity (Wildman–Crippen MR) is 116 cm³/mol. The molecule has 0 saturated heterocycles. The first-order valence-corrected chi connectivity index (χ1v) is 11.0. The van der Waals surface area contributed by atoms with Gasteiger partial charge in [0.15, 0.2) is 11.6 Å². The number of carbonyl (C=O) groups is 1. The summed E-state index contributed by atoms with van der Waals surface area (Å²) in [5, 5.41) is 0. The Balaban J connectivity index is 2.64. The molecule has 164 valence electrons. The predicted octanol–water partition coefficient (Wildman–Crippen LogP) is 5.29. The van der Waals surface area contributed by atoms with Crippen LogP contribution in [0.5, 0.6) is 0 Å². The molecule has 2 aromatic carbocycles. The molecule has 0 radical (unpaired) electrons. The minimum Gasteiger partial charge on any atom is -0.598 e. The van der Waals surface area contributed by atoms with Crippen molar-refractivity contribution in [3.05, 3.63) is 58.7 Å². The molecule has 0 amide bonds. The molecule has 0 saturated carbocycles. The number of hydrogen-bond donors (Lipinski definition) is 1. The lowest BCUT2D eigenvalue weighted by Crippen LogP contribution is -2.42. The molecule has 0 bridgehead atoms. The van der Waals surface area contributed by atoms with E-state index in [1.54, 1.807) is 34.6 Å². The molecule has 7 heteroatoms. The van der Waals surface area contributed by atoms with Gasteiger partial charge < -0.3 is 9.29 Å². The molecular formula is C23H29F2NO3S. The van der Waals surface area contributed by atoms with Crippen molar-refractivity contribution in [3.63, 3.8) is 0 Å². The monoisotopic (exact) mass is 437 g/mol. The fourth-order valence-electron chi connectivity index (χ4n) is 3.20. The van der Waals surface area contributed by atoms with Gasteiger partial charge in [-0.1, -0.05) is 24.3 Å². The van der Waals surface area contributed by atoms with E-state index in [-0.39, 0.29) is 18.6 Å². The summed E-state index contributed by atoms with van der Waals surface area (Å²) in [6, 6.07) is 7.57. The lowest BCUT2D eigenvalue weighted by Gasteiger charge is -2.29. The summed E-state index contributed by atoms with van der Waals surface area (Å²) in [6.45, 7) is 10.7. The molecule has 2 aromatic rings. The SMILES string of the molecule is CCOC(=O)CC(N[S+]([O-])C(C)(C)C)c1c(C)c(-c2ccccc2C)cc(F)c1F. The van der Waals surface area contributed by atoms with E-state index in [9.17, 15) is 13.7 Å². The maximum absolute atomic E-state index is 15.0. The largest absolute Gasteiger partial charge is 0.598 e. The first-order chi connectivity index (χ1) is 14.0. The number of aryl methyl sites for hydroxylation is 1. The van der Waals surface area contributed by atoms with Gasteiger partial charge in [-0.3, -0.25) is 4.79 Å². The Morgan fingerprint density at radius 2 is 1.83 bits per heavy atom. The number of halogens is 2. The molecule has 0 aliphatic heterocycles. The van der Waals surface area contributed by atoms with Crippen LogP contribution in [-0.4, -0.2) is 21.9 Å². The number of hydrogen-bond acceptors (Lipinski definition) is 4. The minimum atomic E-state index is -1.61. The number of esters is 1. The fraction of sp³-hybridized carbons (Fsp3) is 0.435. The van der Waals surface area contributed by atoms with Crippen molar-refractivity contribution in [2.75, 3.05) is 6.61 Å². The van der Waals surface area contributed by atoms with E-state index >= 15 is 4.39 Å². The molecule has 0 heterocycles. The van der Waals surface area contributed by atoms with Crippen LogP contribution in [-0.2, 0) is 20.9 Å². The van der Waals surface area contributed by atoms with Crippen LogP contribution in [0.1, 0.15) is 56.8 Å². The van der Waals surface area contributed by atoms with Crippen LogP contribution in [0, 0.1) is 25.5 Å². The first kappa shape index (κ1) is 24.3. The van der Waals surface area contributed by atoms with Crippen LogP contribution in [0.15, 0.2) is 30.3 Å². The summed E-state index contributed by atoms with van der Waals surface area (Å²) < 4.78 is 49.6. The molecule has 0 aliphatic rings. The third-order valence-electron chi connectivity index (χ3n) is 4.79. The van der Waals surface area contributed by atoms with Crippen molar-refractivity contribution in [1.29, 1.82) is 0 Å². The van der Waals surface area contributed by atoms with Gasteiger partial charge in [0.05, 0.1) is 19.1 Å². The summed E-state index contributed by atoms with van der Waals surface area (Å²) in [5.41, 5.74) is 2.67. The van der Waals surface area contributed by atoms with Crippen LogP contribution >= 0.6 is 0 Å². The van der Waals surface area contributed by atoms with Gasteiger partial charge >= 0.3 is 5.97 Å². The highest BCUT2D eigenvalue weighted by Crippen LogP contribution is 2.36. The van der Waals surface area contributed by atoms with Crippen molar-refractivity contribution in [2.24, 2.45) is 0 Å². The van der Waals surface area contributed by atoms with Crippen LogP contribution in [0.4, 0.5) is 8.78 Å². The fourth-order valence-corrected chi connectivity index (χ4v) is 4.01. The van der Waals surface area contributed by atoms with Crippen molar-refractivity contribution in [1.82, 2.24) is 4.72 Å². The third-order valence-corrected chi connectivity index (χ3v) is 6.40. The molecular weight excluding hydrogens is 408 g/mol. The number of ether oxygens (including phenoxy) is 1. The first-order valence-electron chi connectivity index (χ1n) is 9.85. The number of rotatable bonds is 7. The molecule has 2 atom stereocenters. The smallest absolute Gasteiger partial charge is 0.307 e. The molecule has 0 spiro atoms. The standard InChI is InChI=1S/C23H29F2NO3S/c1-7-29-20(27)13-19(26-30(28)23(4,5)6)21-15(3)17(12-18(24)22(21)25)16-11-9-8-10-14(16)2/h8-12,19,26H,7,13H2,1-6H3. The van der Waals surface area contributed by atoms with Gasteiger partial charge in [0.2, 0.25) is 0 Å². The van der Waals surface area contributed by atoms with Crippen LogP contribution in [0.25, 0.3) is 11.1 Å². The molecule has 0 aliphatic carbocycles. The van der Waals surface area contributed by atoms with Gasteiger partial charge in [0.1, 0.15) is 4.75 Å². The van der Waals surface area contributed by atoms with E-state index in [1.807, 2.05) is 31.2 Å². The van der Waals surface area contributed by atoms with Gasteiger partial charge in [0.25, 0.3) is 0 Å². The number of nitrogens with one attached hydrogen (secondary N) is 1. The van der Waals surface area contributed by atoms with Crippen molar-refractivity contribution < 1.29 is 22.9 Å². The summed E-state index contributed by atoms with van der Waals surface area (Å²) >= 11 is -1.61. The van der Waals surface area contributed by atoms with Gasteiger partial charge in [-0.25, -0.2) is 8.78 Å². The minimum absolute atomic E-state index is 0.0149. The van der Waals surface area contributed by atoms with E-state index in [0.29, 0.717) is 11.1 Å². The average Bonchev–Trinajstić information content (AvgIpc) is 2.65. The second-order valence-electron chi connectivity index (χ2n) is 8.13. The molecule has 2 unspecified atom stereocenters. The molecule has 1 N–H and O–H groups in total. The Morgan fingerprint density at radius 3 is 2.40 bits per heavy atom. The van der Waals surface area contributed by atoms with Crippen LogP contribution < -0.4 is 4.72 Å². The van der Waals surface area contributed by atoms with Gasteiger partial charge in [-0.2, -0.15) is 0 Å². The average molecular weight is 438 g/mol. The number of benzene rings is 2. The zero-order valence-corrected chi connectivity index (χ0v) is 19.1. The highest BCUT2D eigenvalue weighted by atomic mass is 32.2. The normalized spacial score (nSPS) is 13.8. The summed E-state index contributed by atoms with van der Waals surface area (Å²) in [6.07, 6.45) is -0.274. The number of carbonyl (C=O) groups excluding carboxylic acids is 1. The maximum Gasteiger partial charge on any atom is 0.307 e. The second-order valence-corrected chi connectivity index (χ2v) is 10.1. The van der Waals surface area contributed by atoms with Crippen molar-refractivity contribution in [3.8, 4) is 11.1 Å². The van der Waals surface area contributed by atoms with E-state index < -0.39 is 39.8 Å². The van der Waals surface area contributed by atoms with Crippen molar-refractivity contribution >= 4 is 17.3 Å². The third kappa shape index (κ3) is 5.59. The molecule has 0 fully saturated rings. The van der Waals surface area contributed by atoms with Crippen molar-refractivity contribution in [2.45, 2.75) is 58.8 Å². The Hall–Kier alpha value is -1.96. The van der Waals surface area contributed by atoms with Gasteiger partial charge in [-0.05, 0) is 69.9 Å². The van der Waals surface area contributed by atoms with Crippen LogP contribution in [0.3, 0.4) is 0 Å². The molecule has 2 rings (SSSR count). The summed E-state index contributed by atoms with van der Waals surface area (Å²) in [4.78, 5) is 12.2. The zero-order valence-electron chi connectivity index (χ0n) is 18.3. The lowest BCUT2D eigenvalue weighted by atomic mass is 9.89.